The van der Waals surface area contributed by atoms with Crippen molar-refractivity contribution >= 4 is 11.8 Å². The van der Waals surface area contributed by atoms with E-state index in [1.165, 1.54) is 32.1 Å². The zero-order valence-corrected chi connectivity index (χ0v) is 13.5. The van der Waals surface area contributed by atoms with Crippen molar-refractivity contribution in [1.82, 2.24) is 25.3 Å². The van der Waals surface area contributed by atoms with Gasteiger partial charge in [0, 0.05) is 24.5 Å². The van der Waals surface area contributed by atoms with Gasteiger partial charge in [-0.3, -0.25) is 15.1 Å². The van der Waals surface area contributed by atoms with Gasteiger partial charge in [-0.15, -0.1) is 0 Å². The first-order valence-electron chi connectivity index (χ1n) is 8.31. The first-order chi connectivity index (χ1) is 11.2. The van der Waals surface area contributed by atoms with Crippen molar-refractivity contribution in [2.75, 3.05) is 11.9 Å². The maximum absolute atomic E-state index is 11.9. The summed E-state index contributed by atoms with van der Waals surface area (Å²) >= 11 is 0. The van der Waals surface area contributed by atoms with Gasteiger partial charge < -0.3 is 5.32 Å². The van der Waals surface area contributed by atoms with Gasteiger partial charge in [-0.05, 0) is 31.7 Å². The van der Waals surface area contributed by atoms with Gasteiger partial charge in [0.1, 0.15) is 0 Å². The Balaban J connectivity index is 1.50. The smallest absolute Gasteiger partial charge is 0.320 e. The van der Waals surface area contributed by atoms with E-state index in [1.54, 1.807) is 6.20 Å². The number of aromatic amines is 1. The SMILES string of the molecule is Cc1cc(NC(=O)NCCc2cn[nH]c2)nn1C1CCCCC1. The van der Waals surface area contributed by atoms with Gasteiger partial charge >= 0.3 is 6.03 Å². The van der Waals surface area contributed by atoms with Gasteiger partial charge in [0.05, 0.1) is 12.2 Å². The zero-order chi connectivity index (χ0) is 16.1. The minimum absolute atomic E-state index is 0.221. The third-order valence-electron chi connectivity index (χ3n) is 4.34. The standard InChI is InChI=1S/C16H24N6O/c1-12-9-15(21-22(12)14-5-3-2-4-6-14)20-16(23)17-8-7-13-10-18-19-11-13/h9-11,14H,2-8H2,1H3,(H,18,19)(H2,17,20,21,23). The quantitative estimate of drug-likeness (QED) is 0.792. The lowest BCUT2D eigenvalue weighted by atomic mass is 9.95. The molecule has 7 heteroatoms. The highest BCUT2D eigenvalue weighted by Crippen LogP contribution is 2.29. The Morgan fingerprint density at radius 1 is 1.39 bits per heavy atom. The normalized spacial score (nSPS) is 15.5. The van der Waals surface area contributed by atoms with E-state index in [-0.39, 0.29) is 6.03 Å². The van der Waals surface area contributed by atoms with E-state index in [0.29, 0.717) is 18.4 Å². The van der Waals surface area contributed by atoms with Crippen molar-refractivity contribution in [3.8, 4) is 0 Å². The monoisotopic (exact) mass is 316 g/mol. The Kier molecular flexibility index (Phi) is 4.95. The summed E-state index contributed by atoms with van der Waals surface area (Å²) < 4.78 is 2.07. The number of hydrogen-bond donors (Lipinski definition) is 3. The largest absolute Gasteiger partial charge is 0.337 e. The fourth-order valence-corrected chi connectivity index (χ4v) is 3.14. The Bertz CT molecular complexity index is 627. The molecule has 0 radical (unpaired) electrons. The highest BCUT2D eigenvalue weighted by Gasteiger charge is 2.18. The maximum atomic E-state index is 11.9. The molecule has 0 aliphatic heterocycles. The topological polar surface area (TPSA) is 87.6 Å². The molecule has 0 unspecified atom stereocenters. The fourth-order valence-electron chi connectivity index (χ4n) is 3.14. The summed E-state index contributed by atoms with van der Waals surface area (Å²) in [7, 11) is 0. The van der Waals surface area contributed by atoms with Gasteiger partial charge in [-0.2, -0.15) is 10.2 Å². The second-order valence-electron chi connectivity index (χ2n) is 6.14. The van der Waals surface area contributed by atoms with Gasteiger partial charge in [0.2, 0.25) is 0 Å². The first kappa shape index (κ1) is 15.6. The summed E-state index contributed by atoms with van der Waals surface area (Å²) in [5.74, 6) is 0.619. The summed E-state index contributed by atoms with van der Waals surface area (Å²) in [4.78, 5) is 11.9. The lowest BCUT2D eigenvalue weighted by Crippen LogP contribution is -2.30. The number of amides is 2. The molecule has 2 amide bonds. The summed E-state index contributed by atoms with van der Waals surface area (Å²) in [6, 6.07) is 2.19. The molecular formula is C16H24N6O. The van der Waals surface area contributed by atoms with Crippen molar-refractivity contribution in [1.29, 1.82) is 0 Å². The van der Waals surface area contributed by atoms with Crippen LogP contribution in [0.25, 0.3) is 0 Å². The average molecular weight is 316 g/mol. The van der Waals surface area contributed by atoms with Crippen molar-refractivity contribution in [2.45, 2.75) is 51.5 Å². The number of carbonyl (C=O) groups excluding carboxylic acids is 1. The Labute approximate surface area is 135 Å². The van der Waals surface area contributed by atoms with Gasteiger partial charge in [0.15, 0.2) is 5.82 Å². The molecule has 1 aliphatic rings. The van der Waals surface area contributed by atoms with Crippen LogP contribution in [-0.2, 0) is 6.42 Å². The molecule has 1 aliphatic carbocycles. The predicted octanol–water partition coefficient (Wildman–Crippen LogP) is 2.78. The number of H-pyrrole nitrogens is 1. The average Bonchev–Trinajstić information content (AvgIpc) is 3.18. The summed E-state index contributed by atoms with van der Waals surface area (Å²) in [6.07, 6.45) is 10.5. The number of nitrogens with one attached hydrogen (secondary N) is 3. The molecule has 1 fully saturated rings. The van der Waals surface area contributed by atoms with E-state index in [0.717, 1.165) is 17.7 Å². The van der Waals surface area contributed by atoms with Crippen LogP contribution in [0.2, 0.25) is 0 Å². The number of rotatable bonds is 5. The number of aromatic nitrogens is 4. The maximum Gasteiger partial charge on any atom is 0.320 e. The number of urea groups is 1. The molecule has 0 saturated heterocycles. The fraction of sp³-hybridized carbons (Fsp3) is 0.562. The Hall–Kier alpha value is -2.31. The summed E-state index contributed by atoms with van der Waals surface area (Å²) in [6.45, 7) is 2.61. The molecular weight excluding hydrogens is 292 g/mol. The van der Waals surface area contributed by atoms with Gasteiger partial charge in [-0.25, -0.2) is 4.79 Å². The van der Waals surface area contributed by atoms with Gasteiger partial charge in [-0.1, -0.05) is 19.3 Å². The van der Waals surface area contributed by atoms with E-state index >= 15 is 0 Å². The molecule has 7 nitrogen and oxygen atoms in total. The molecule has 124 valence electrons. The lowest BCUT2D eigenvalue weighted by Gasteiger charge is -2.23. The van der Waals surface area contributed by atoms with Crippen molar-refractivity contribution in [2.24, 2.45) is 0 Å². The van der Waals surface area contributed by atoms with E-state index in [4.69, 9.17) is 0 Å². The van der Waals surface area contributed by atoms with Crippen LogP contribution in [0.3, 0.4) is 0 Å². The number of hydrogen-bond acceptors (Lipinski definition) is 3. The molecule has 0 spiro atoms. The highest BCUT2D eigenvalue weighted by molar-refractivity contribution is 5.88. The minimum Gasteiger partial charge on any atom is -0.337 e. The van der Waals surface area contributed by atoms with Crippen molar-refractivity contribution in [3.05, 3.63) is 29.7 Å². The molecule has 3 rings (SSSR count). The molecule has 1 saturated carbocycles. The van der Waals surface area contributed by atoms with Crippen molar-refractivity contribution < 1.29 is 4.79 Å². The number of anilines is 1. The van der Waals surface area contributed by atoms with E-state index in [9.17, 15) is 4.79 Å². The first-order valence-corrected chi connectivity index (χ1v) is 8.31. The second kappa shape index (κ2) is 7.30. The third kappa shape index (κ3) is 4.12. The van der Waals surface area contributed by atoms with Crippen LogP contribution in [0.4, 0.5) is 10.6 Å². The highest BCUT2D eigenvalue weighted by atomic mass is 16.2. The van der Waals surface area contributed by atoms with Crippen LogP contribution in [0.5, 0.6) is 0 Å². The molecule has 2 aromatic rings. The van der Waals surface area contributed by atoms with Crippen LogP contribution in [-0.4, -0.2) is 32.6 Å². The van der Waals surface area contributed by atoms with Gasteiger partial charge in [0.25, 0.3) is 0 Å². The van der Waals surface area contributed by atoms with E-state index < -0.39 is 0 Å². The van der Waals surface area contributed by atoms with Crippen LogP contribution in [0.1, 0.15) is 49.4 Å². The van der Waals surface area contributed by atoms with Crippen LogP contribution in [0, 0.1) is 6.92 Å². The van der Waals surface area contributed by atoms with Crippen LogP contribution >= 0.6 is 0 Å². The van der Waals surface area contributed by atoms with Crippen LogP contribution < -0.4 is 10.6 Å². The molecule has 0 aromatic carbocycles. The molecule has 2 heterocycles. The van der Waals surface area contributed by atoms with Crippen LogP contribution in [0.15, 0.2) is 18.5 Å². The minimum atomic E-state index is -0.221. The molecule has 0 bridgehead atoms. The number of nitrogens with zero attached hydrogens (tertiary/aromatic N) is 3. The number of carbonyl (C=O) groups is 1. The second-order valence-corrected chi connectivity index (χ2v) is 6.14. The molecule has 23 heavy (non-hydrogen) atoms. The molecule has 3 N–H and O–H groups in total. The van der Waals surface area contributed by atoms with E-state index in [2.05, 4.69) is 30.6 Å². The number of aryl methyl sites for hydroxylation is 1. The van der Waals surface area contributed by atoms with Crippen molar-refractivity contribution in [3.63, 3.8) is 0 Å². The summed E-state index contributed by atoms with van der Waals surface area (Å²) in [5.41, 5.74) is 2.17. The summed E-state index contributed by atoms with van der Waals surface area (Å²) in [5, 5.41) is 16.8. The van der Waals surface area contributed by atoms with E-state index in [1.807, 2.05) is 19.2 Å². The third-order valence-corrected chi connectivity index (χ3v) is 4.34. The Morgan fingerprint density at radius 2 is 2.22 bits per heavy atom. The Morgan fingerprint density at radius 3 is 2.96 bits per heavy atom. The predicted molar refractivity (Wildman–Crippen MR) is 88.4 cm³/mol. The molecule has 0 atom stereocenters. The molecule has 2 aromatic heterocycles. The zero-order valence-electron chi connectivity index (χ0n) is 13.5. The lowest BCUT2D eigenvalue weighted by molar-refractivity contribution is 0.252.